The summed E-state index contributed by atoms with van der Waals surface area (Å²) in [5, 5.41) is 2.66. The van der Waals surface area contributed by atoms with Crippen LogP contribution in [0.25, 0.3) is 10.6 Å². The van der Waals surface area contributed by atoms with Crippen LogP contribution in [0.5, 0.6) is 0 Å². The van der Waals surface area contributed by atoms with Crippen molar-refractivity contribution in [2.24, 2.45) is 5.92 Å². The molecule has 1 amide bonds. The highest BCUT2D eigenvalue weighted by Gasteiger charge is 2.58. The second-order valence-electron chi connectivity index (χ2n) is 9.35. The molecule has 1 aliphatic carbocycles. The average Bonchev–Trinajstić information content (AvgIpc) is 3.46. The third kappa shape index (κ3) is 3.89. The van der Waals surface area contributed by atoms with Crippen molar-refractivity contribution >= 4 is 33.2 Å². The molecule has 3 aliphatic rings. The molecule has 0 aromatic carbocycles. The molecule has 0 bridgehead atoms. The number of hydrogen-bond donors (Lipinski definition) is 1. The fourth-order valence-electron chi connectivity index (χ4n) is 5.01. The van der Waals surface area contributed by atoms with Crippen LogP contribution in [-0.4, -0.2) is 72.1 Å². The molecule has 2 aromatic rings. The van der Waals surface area contributed by atoms with E-state index in [0.717, 1.165) is 34.5 Å². The highest BCUT2D eigenvalue weighted by atomic mass is 32.2. The largest absolute Gasteiger partial charge is 0.395 e. The number of halogens is 4. The Labute approximate surface area is 203 Å². The predicted octanol–water partition coefficient (Wildman–Crippen LogP) is 3.35. The summed E-state index contributed by atoms with van der Waals surface area (Å²) in [4.78, 5) is 23.9. The van der Waals surface area contributed by atoms with Crippen molar-refractivity contribution in [3.8, 4) is 10.6 Å². The summed E-state index contributed by atoms with van der Waals surface area (Å²) in [7, 11) is -2.03. The standard InChI is InChI=1S/C21H23F4N5O3S2/c1-10-14-17(20(5-6-20)29(2)18(14)31)34-16(10)15-12(22)8-26-19(28-15)27-13-4-7-30(35(3,32)33)9-11(13)21(23,24)25/h8,11,13H,4-7,9H2,1-3H3,(H,26,27,28). The molecule has 2 fully saturated rings. The van der Waals surface area contributed by atoms with Crippen molar-refractivity contribution in [3.63, 3.8) is 0 Å². The third-order valence-electron chi connectivity index (χ3n) is 7.19. The van der Waals surface area contributed by atoms with Crippen molar-refractivity contribution in [3.05, 3.63) is 28.0 Å². The van der Waals surface area contributed by atoms with Crippen LogP contribution in [0, 0.1) is 18.7 Å². The highest BCUT2D eigenvalue weighted by Crippen LogP contribution is 2.60. The molecule has 1 spiro atoms. The molecule has 0 radical (unpaired) electrons. The van der Waals surface area contributed by atoms with Gasteiger partial charge in [-0.15, -0.1) is 11.3 Å². The second-order valence-corrected chi connectivity index (χ2v) is 12.4. The van der Waals surface area contributed by atoms with Crippen LogP contribution in [0.3, 0.4) is 0 Å². The number of carbonyl (C=O) groups is 1. The molecule has 2 atom stereocenters. The zero-order valence-electron chi connectivity index (χ0n) is 19.1. The topological polar surface area (TPSA) is 95.5 Å². The van der Waals surface area contributed by atoms with Gasteiger partial charge in [-0.3, -0.25) is 4.79 Å². The van der Waals surface area contributed by atoms with Crippen molar-refractivity contribution < 1.29 is 30.8 Å². The fourth-order valence-corrected chi connectivity index (χ4v) is 7.45. The molecule has 2 aromatic heterocycles. The number of nitrogens with one attached hydrogen (secondary N) is 1. The normalized spacial score (nSPS) is 24.2. The van der Waals surface area contributed by atoms with Crippen molar-refractivity contribution in [2.45, 2.75) is 43.9 Å². The second kappa shape index (κ2) is 7.84. The zero-order valence-corrected chi connectivity index (χ0v) is 20.7. The quantitative estimate of drug-likeness (QED) is 0.606. The number of sulfonamides is 1. The van der Waals surface area contributed by atoms with Crippen LogP contribution in [0.2, 0.25) is 0 Å². The molecule has 5 rings (SSSR count). The molecule has 1 saturated heterocycles. The lowest BCUT2D eigenvalue weighted by Crippen LogP contribution is -2.53. The molecule has 2 unspecified atom stereocenters. The molecule has 190 valence electrons. The van der Waals surface area contributed by atoms with Gasteiger partial charge in [-0.25, -0.2) is 27.1 Å². The number of alkyl halides is 3. The van der Waals surface area contributed by atoms with Gasteiger partial charge in [0.25, 0.3) is 5.91 Å². The van der Waals surface area contributed by atoms with E-state index in [1.54, 1.807) is 18.9 Å². The molecule has 14 heteroatoms. The monoisotopic (exact) mass is 533 g/mol. The SMILES string of the molecule is Cc1c(-c2nc(NC3CCN(S(C)(=O)=O)CC3C(F)(F)F)ncc2F)sc2c1C(=O)N(C)C21CC1. The van der Waals surface area contributed by atoms with Gasteiger partial charge in [0, 0.05) is 31.1 Å². The minimum Gasteiger partial charge on any atom is -0.351 e. The molecular weight excluding hydrogens is 510 g/mol. The van der Waals surface area contributed by atoms with Crippen molar-refractivity contribution in [1.29, 1.82) is 0 Å². The number of carbonyl (C=O) groups excluding carboxylic acids is 1. The van der Waals surface area contributed by atoms with Crippen LogP contribution in [0.1, 0.15) is 40.1 Å². The summed E-state index contributed by atoms with van der Waals surface area (Å²) in [5.74, 6) is -3.05. The number of hydrogen-bond acceptors (Lipinski definition) is 7. The number of anilines is 1. The van der Waals surface area contributed by atoms with E-state index in [1.807, 2.05) is 0 Å². The van der Waals surface area contributed by atoms with Gasteiger partial charge in [0.05, 0.1) is 34.4 Å². The van der Waals surface area contributed by atoms with Crippen LogP contribution < -0.4 is 5.32 Å². The van der Waals surface area contributed by atoms with Gasteiger partial charge in [0.2, 0.25) is 16.0 Å². The number of nitrogens with zero attached hydrogens (tertiary/aromatic N) is 4. The van der Waals surface area contributed by atoms with Crippen LogP contribution in [0.15, 0.2) is 6.20 Å². The number of aromatic nitrogens is 2. The average molecular weight is 534 g/mol. The van der Waals surface area contributed by atoms with Gasteiger partial charge in [0.1, 0.15) is 5.69 Å². The zero-order chi connectivity index (χ0) is 25.5. The van der Waals surface area contributed by atoms with E-state index in [0.29, 0.717) is 16.0 Å². The first-order chi connectivity index (χ1) is 16.2. The first-order valence-electron chi connectivity index (χ1n) is 11.0. The van der Waals surface area contributed by atoms with E-state index in [1.165, 1.54) is 11.3 Å². The van der Waals surface area contributed by atoms with E-state index in [4.69, 9.17) is 0 Å². The summed E-state index contributed by atoms with van der Waals surface area (Å²) >= 11 is 1.28. The summed E-state index contributed by atoms with van der Waals surface area (Å²) < 4.78 is 80.5. The Kier molecular flexibility index (Phi) is 5.46. The Bertz CT molecular complexity index is 1320. The van der Waals surface area contributed by atoms with Gasteiger partial charge in [0.15, 0.2) is 5.82 Å². The minimum absolute atomic E-state index is 0.0808. The van der Waals surface area contributed by atoms with Crippen LogP contribution in [-0.2, 0) is 15.6 Å². The van der Waals surface area contributed by atoms with Crippen molar-refractivity contribution in [2.75, 3.05) is 31.7 Å². The first-order valence-corrected chi connectivity index (χ1v) is 13.6. The Balaban J connectivity index is 1.46. The van der Waals surface area contributed by atoms with E-state index in [-0.39, 0.29) is 36.1 Å². The van der Waals surface area contributed by atoms with E-state index in [2.05, 4.69) is 15.3 Å². The number of piperidine rings is 1. The molecule has 35 heavy (non-hydrogen) atoms. The van der Waals surface area contributed by atoms with Gasteiger partial charge >= 0.3 is 6.18 Å². The molecule has 1 saturated carbocycles. The molecule has 8 nitrogen and oxygen atoms in total. The Hall–Kier alpha value is -2.32. The smallest absolute Gasteiger partial charge is 0.351 e. The maximum Gasteiger partial charge on any atom is 0.395 e. The lowest BCUT2D eigenvalue weighted by Gasteiger charge is -2.38. The molecule has 4 heterocycles. The summed E-state index contributed by atoms with van der Waals surface area (Å²) in [5.41, 5.74) is 0.701. The first kappa shape index (κ1) is 24.4. The number of rotatable bonds is 4. The number of amides is 1. The maximum atomic E-state index is 14.8. The predicted molar refractivity (Wildman–Crippen MR) is 121 cm³/mol. The van der Waals surface area contributed by atoms with E-state index < -0.39 is 40.5 Å². The van der Waals surface area contributed by atoms with Crippen LogP contribution >= 0.6 is 11.3 Å². The fraction of sp³-hybridized carbons (Fsp3) is 0.571. The summed E-state index contributed by atoms with van der Waals surface area (Å²) in [6.07, 6.45) is -1.37. The number of fused-ring (bicyclic) bond motifs is 2. The molecular formula is C21H23F4N5O3S2. The summed E-state index contributed by atoms with van der Waals surface area (Å²) in [6.45, 7) is 0.904. The summed E-state index contributed by atoms with van der Waals surface area (Å²) in [6, 6.07) is -1.19. The lowest BCUT2D eigenvalue weighted by atomic mass is 9.93. The van der Waals surface area contributed by atoms with Gasteiger partial charge in [-0.2, -0.15) is 13.2 Å². The van der Waals surface area contributed by atoms with E-state index in [9.17, 15) is 30.8 Å². The Morgan fingerprint density at radius 3 is 2.57 bits per heavy atom. The van der Waals surface area contributed by atoms with Crippen LogP contribution in [0.4, 0.5) is 23.5 Å². The van der Waals surface area contributed by atoms with Gasteiger partial charge < -0.3 is 10.2 Å². The van der Waals surface area contributed by atoms with Gasteiger partial charge in [-0.1, -0.05) is 0 Å². The molecule has 2 aliphatic heterocycles. The van der Waals surface area contributed by atoms with Gasteiger partial charge in [-0.05, 0) is 31.7 Å². The molecule has 1 N–H and O–H groups in total. The minimum atomic E-state index is -4.67. The Morgan fingerprint density at radius 2 is 1.97 bits per heavy atom. The number of thiophene rings is 1. The highest BCUT2D eigenvalue weighted by molar-refractivity contribution is 7.88. The third-order valence-corrected chi connectivity index (χ3v) is 9.95. The lowest BCUT2D eigenvalue weighted by molar-refractivity contribution is -0.185. The Morgan fingerprint density at radius 1 is 1.29 bits per heavy atom. The van der Waals surface area contributed by atoms with Crippen molar-refractivity contribution in [1.82, 2.24) is 19.2 Å². The maximum absolute atomic E-state index is 14.8. The van der Waals surface area contributed by atoms with E-state index >= 15 is 0 Å².